The van der Waals surface area contributed by atoms with Gasteiger partial charge in [0.15, 0.2) is 5.79 Å². The maximum absolute atomic E-state index is 6.74. The molecular formula is C24H39NO3. The SMILES string of the molecule is CCC1(C)CC2(OCC(C)(C)O2)C(C)C(C)(CC)N1OC(C)c1ccccc1. The van der Waals surface area contributed by atoms with Crippen molar-refractivity contribution in [2.75, 3.05) is 6.61 Å². The molecule has 2 saturated heterocycles. The van der Waals surface area contributed by atoms with Crippen LogP contribution < -0.4 is 0 Å². The number of piperidine rings is 1. The largest absolute Gasteiger partial charge is 0.346 e. The molecule has 1 aromatic carbocycles. The summed E-state index contributed by atoms with van der Waals surface area (Å²) in [6, 6.07) is 10.5. The molecule has 0 aliphatic carbocycles. The van der Waals surface area contributed by atoms with E-state index in [9.17, 15) is 0 Å². The Bertz CT molecular complexity index is 678. The Morgan fingerprint density at radius 1 is 1.11 bits per heavy atom. The monoisotopic (exact) mass is 389 g/mol. The van der Waals surface area contributed by atoms with E-state index in [1.54, 1.807) is 0 Å². The van der Waals surface area contributed by atoms with Gasteiger partial charge < -0.3 is 9.47 Å². The Labute approximate surface area is 171 Å². The third-order valence-electron chi connectivity index (χ3n) is 7.30. The van der Waals surface area contributed by atoms with Crippen LogP contribution in [0.1, 0.15) is 86.3 Å². The molecule has 0 saturated carbocycles. The zero-order valence-electron chi connectivity index (χ0n) is 19.0. The quantitative estimate of drug-likeness (QED) is 0.629. The summed E-state index contributed by atoms with van der Waals surface area (Å²) >= 11 is 0. The van der Waals surface area contributed by atoms with E-state index < -0.39 is 5.79 Å². The van der Waals surface area contributed by atoms with E-state index >= 15 is 0 Å². The second-order valence-corrected chi connectivity index (χ2v) is 9.87. The highest BCUT2D eigenvalue weighted by Gasteiger charge is 2.65. The summed E-state index contributed by atoms with van der Waals surface area (Å²) in [7, 11) is 0. The van der Waals surface area contributed by atoms with Gasteiger partial charge in [0.2, 0.25) is 0 Å². The van der Waals surface area contributed by atoms with Crippen molar-refractivity contribution in [2.24, 2.45) is 5.92 Å². The van der Waals surface area contributed by atoms with Crippen molar-refractivity contribution in [3.63, 3.8) is 0 Å². The smallest absolute Gasteiger partial charge is 0.175 e. The van der Waals surface area contributed by atoms with Crippen molar-refractivity contribution in [3.05, 3.63) is 35.9 Å². The molecule has 28 heavy (non-hydrogen) atoms. The number of ether oxygens (including phenoxy) is 2. The van der Waals surface area contributed by atoms with Crippen LogP contribution in [-0.2, 0) is 14.3 Å². The van der Waals surface area contributed by atoms with Crippen LogP contribution in [0.15, 0.2) is 30.3 Å². The summed E-state index contributed by atoms with van der Waals surface area (Å²) in [6.07, 6.45) is 2.71. The van der Waals surface area contributed by atoms with Crippen LogP contribution in [0.5, 0.6) is 0 Å². The maximum atomic E-state index is 6.74. The first-order valence-electron chi connectivity index (χ1n) is 10.9. The summed E-state index contributed by atoms with van der Waals surface area (Å²) in [5, 5.41) is 2.30. The Hall–Kier alpha value is -0.940. The number of hydrogen-bond donors (Lipinski definition) is 0. The zero-order valence-corrected chi connectivity index (χ0v) is 19.0. The van der Waals surface area contributed by atoms with E-state index in [0.29, 0.717) is 6.61 Å². The Kier molecular flexibility index (Phi) is 5.74. The van der Waals surface area contributed by atoms with Crippen molar-refractivity contribution in [1.82, 2.24) is 5.06 Å². The van der Waals surface area contributed by atoms with Gasteiger partial charge in [0.1, 0.15) is 6.10 Å². The second kappa shape index (κ2) is 7.39. The van der Waals surface area contributed by atoms with Crippen molar-refractivity contribution in [1.29, 1.82) is 0 Å². The molecule has 0 amide bonds. The summed E-state index contributed by atoms with van der Waals surface area (Å²) < 4.78 is 13.1. The van der Waals surface area contributed by atoms with Gasteiger partial charge in [0.05, 0.1) is 17.7 Å². The zero-order chi connectivity index (χ0) is 20.8. The van der Waals surface area contributed by atoms with E-state index in [2.05, 4.69) is 84.7 Å². The molecule has 0 aromatic heterocycles. The number of hydroxylamine groups is 2. The lowest BCUT2D eigenvalue weighted by atomic mass is 9.67. The van der Waals surface area contributed by atoms with Gasteiger partial charge in [0.25, 0.3) is 0 Å². The van der Waals surface area contributed by atoms with Crippen molar-refractivity contribution >= 4 is 0 Å². The minimum Gasteiger partial charge on any atom is -0.346 e. The molecular weight excluding hydrogens is 350 g/mol. The lowest BCUT2D eigenvalue weighted by molar-refractivity contribution is -0.382. The van der Waals surface area contributed by atoms with Crippen LogP contribution in [-0.4, -0.2) is 34.1 Å². The van der Waals surface area contributed by atoms with Gasteiger partial charge >= 0.3 is 0 Å². The normalized spacial score (nSPS) is 39.4. The van der Waals surface area contributed by atoms with Gasteiger partial charge in [-0.25, -0.2) is 0 Å². The average molecular weight is 390 g/mol. The minimum atomic E-state index is -0.561. The van der Waals surface area contributed by atoms with Crippen LogP contribution in [0.3, 0.4) is 0 Å². The molecule has 5 unspecified atom stereocenters. The molecule has 2 aliphatic rings. The molecule has 1 spiro atoms. The van der Waals surface area contributed by atoms with E-state index in [4.69, 9.17) is 14.3 Å². The van der Waals surface area contributed by atoms with E-state index in [-0.39, 0.29) is 28.7 Å². The molecule has 5 atom stereocenters. The molecule has 0 radical (unpaired) electrons. The van der Waals surface area contributed by atoms with Gasteiger partial charge in [-0.1, -0.05) is 51.1 Å². The highest BCUT2D eigenvalue weighted by atomic mass is 16.8. The molecule has 1 aromatic rings. The van der Waals surface area contributed by atoms with Crippen molar-refractivity contribution in [2.45, 2.75) is 103 Å². The van der Waals surface area contributed by atoms with E-state index in [1.165, 1.54) is 5.56 Å². The van der Waals surface area contributed by atoms with Crippen molar-refractivity contribution < 1.29 is 14.3 Å². The molecule has 2 aliphatic heterocycles. The fourth-order valence-electron chi connectivity index (χ4n) is 5.05. The van der Waals surface area contributed by atoms with Crippen molar-refractivity contribution in [3.8, 4) is 0 Å². The van der Waals surface area contributed by atoms with Crippen LogP contribution in [0.2, 0.25) is 0 Å². The van der Waals surface area contributed by atoms with Crippen LogP contribution >= 0.6 is 0 Å². The molecule has 4 heteroatoms. The van der Waals surface area contributed by atoms with E-state index in [1.807, 2.05) is 6.07 Å². The van der Waals surface area contributed by atoms with Gasteiger partial charge in [-0.05, 0) is 53.0 Å². The lowest BCUT2D eigenvalue weighted by Crippen LogP contribution is -2.71. The number of benzene rings is 1. The highest BCUT2D eigenvalue weighted by molar-refractivity contribution is 5.17. The topological polar surface area (TPSA) is 30.9 Å². The third kappa shape index (κ3) is 3.54. The predicted octanol–water partition coefficient (Wildman–Crippen LogP) is 5.88. The highest BCUT2D eigenvalue weighted by Crippen LogP contribution is 2.56. The van der Waals surface area contributed by atoms with Crippen LogP contribution in [0.4, 0.5) is 0 Å². The molecule has 0 bridgehead atoms. The van der Waals surface area contributed by atoms with Gasteiger partial charge in [-0.2, -0.15) is 5.06 Å². The molecule has 2 fully saturated rings. The minimum absolute atomic E-state index is 0.0129. The molecule has 0 N–H and O–H groups in total. The Balaban J connectivity index is 1.97. The second-order valence-electron chi connectivity index (χ2n) is 9.87. The lowest BCUT2D eigenvalue weighted by Gasteiger charge is -2.62. The summed E-state index contributed by atoms with van der Waals surface area (Å²) in [4.78, 5) is 6.74. The molecule has 4 nitrogen and oxygen atoms in total. The maximum Gasteiger partial charge on any atom is 0.175 e. The third-order valence-corrected chi connectivity index (χ3v) is 7.30. The van der Waals surface area contributed by atoms with Gasteiger partial charge in [-0.15, -0.1) is 0 Å². The first kappa shape index (κ1) is 21.8. The molecule has 2 heterocycles. The number of hydrogen-bond acceptors (Lipinski definition) is 4. The standard InChI is InChI=1S/C24H39NO3/c1-9-22(7)16-24(26-17-21(5,6)28-24)19(4)23(8,10-2)25(22)27-18(3)20-14-12-11-13-15-20/h11-15,18-19H,9-10,16-17H2,1-8H3. The summed E-state index contributed by atoms with van der Waals surface area (Å²) in [6.45, 7) is 18.4. The first-order valence-corrected chi connectivity index (χ1v) is 10.9. The summed E-state index contributed by atoms with van der Waals surface area (Å²) in [5.74, 6) is -0.385. The van der Waals surface area contributed by atoms with E-state index in [0.717, 1.165) is 19.3 Å². The van der Waals surface area contributed by atoms with Gasteiger partial charge in [-0.3, -0.25) is 4.84 Å². The fraction of sp³-hybridized carbons (Fsp3) is 0.750. The Morgan fingerprint density at radius 2 is 1.75 bits per heavy atom. The molecule has 158 valence electrons. The average Bonchev–Trinajstić information content (AvgIpc) is 2.99. The Morgan fingerprint density at radius 3 is 2.25 bits per heavy atom. The molecule has 3 rings (SSSR count). The van der Waals surface area contributed by atoms with Crippen LogP contribution in [0, 0.1) is 5.92 Å². The number of rotatable bonds is 5. The fourth-order valence-corrected chi connectivity index (χ4v) is 5.05. The number of nitrogens with zero attached hydrogens (tertiary/aromatic N) is 1. The van der Waals surface area contributed by atoms with Gasteiger partial charge in [0, 0.05) is 17.9 Å². The predicted molar refractivity (Wildman–Crippen MR) is 113 cm³/mol. The first-order chi connectivity index (χ1) is 13.0. The summed E-state index contributed by atoms with van der Waals surface area (Å²) in [5.41, 5.74) is 0.562. The van der Waals surface area contributed by atoms with Crippen LogP contribution in [0.25, 0.3) is 0 Å².